The number of carboxylic acids is 1. The highest BCUT2D eigenvalue weighted by Crippen LogP contribution is 2.40. The number of aromatic nitrogens is 3. The number of rotatable bonds is 5. The maximum atomic E-state index is 11.4. The minimum absolute atomic E-state index is 0.184. The molecule has 5 aromatic rings. The quantitative estimate of drug-likeness (QED) is 0.282. The number of halogens is 1. The summed E-state index contributed by atoms with van der Waals surface area (Å²) in [4.78, 5) is 24.7. The van der Waals surface area contributed by atoms with E-state index in [0.717, 1.165) is 32.2 Å². The van der Waals surface area contributed by atoms with Crippen LogP contribution in [-0.4, -0.2) is 26.0 Å². The second-order valence-electron chi connectivity index (χ2n) is 7.57. The van der Waals surface area contributed by atoms with Gasteiger partial charge in [0.25, 0.3) is 6.01 Å². The fourth-order valence-electron chi connectivity index (χ4n) is 3.59. The van der Waals surface area contributed by atoms with Crippen molar-refractivity contribution in [3.05, 3.63) is 82.5 Å². The summed E-state index contributed by atoms with van der Waals surface area (Å²) < 4.78 is 5.80. The first-order chi connectivity index (χ1) is 15.9. The molecule has 8 heteroatoms. The zero-order valence-corrected chi connectivity index (χ0v) is 19.3. The number of hydrogen-bond donors (Lipinski definition) is 2. The Hall–Kier alpha value is -3.68. The monoisotopic (exact) mass is 475 g/mol. The molecule has 5 rings (SSSR count). The molecule has 0 aliphatic heterocycles. The summed E-state index contributed by atoms with van der Waals surface area (Å²) in [6, 6.07) is 18.9. The maximum Gasteiger partial charge on any atom is 0.336 e. The van der Waals surface area contributed by atoms with Crippen LogP contribution in [0.2, 0.25) is 5.02 Å². The Morgan fingerprint density at radius 3 is 2.61 bits per heavy atom. The predicted octanol–water partition coefficient (Wildman–Crippen LogP) is 7.11. The van der Waals surface area contributed by atoms with E-state index in [-0.39, 0.29) is 11.6 Å². The largest absolute Gasteiger partial charge is 0.478 e. The maximum absolute atomic E-state index is 11.4. The van der Waals surface area contributed by atoms with Crippen LogP contribution in [0.25, 0.3) is 32.0 Å². The molecule has 3 aromatic carbocycles. The second kappa shape index (κ2) is 8.35. The van der Waals surface area contributed by atoms with Gasteiger partial charge in [0.05, 0.1) is 32.2 Å². The van der Waals surface area contributed by atoms with Gasteiger partial charge in [-0.2, -0.15) is 4.98 Å². The van der Waals surface area contributed by atoms with Crippen molar-refractivity contribution in [1.29, 1.82) is 0 Å². The SMILES string of the molecule is Cc1ccc(Oc2nc3cc(-c4sc(-c5ccccc5)nc4C)c(Cl)cc3[nH]2)cc1C(=O)O. The minimum atomic E-state index is -1.01. The summed E-state index contributed by atoms with van der Waals surface area (Å²) in [6.07, 6.45) is 0. The molecule has 0 spiro atoms. The number of aromatic amines is 1. The molecule has 0 radical (unpaired) electrons. The zero-order chi connectivity index (χ0) is 23.1. The molecule has 0 fully saturated rings. The molecule has 0 atom stereocenters. The summed E-state index contributed by atoms with van der Waals surface area (Å²) in [5.74, 6) is -0.622. The van der Waals surface area contributed by atoms with Crippen LogP contribution in [-0.2, 0) is 0 Å². The van der Waals surface area contributed by atoms with Crippen molar-refractivity contribution >= 4 is 39.9 Å². The van der Waals surface area contributed by atoms with Gasteiger partial charge in [-0.1, -0.05) is 48.0 Å². The van der Waals surface area contributed by atoms with Gasteiger partial charge in [0.1, 0.15) is 10.8 Å². The van der Waals surface area contributed by atoms with Gasteiger partial charge < -0.3 is 14.8 Å². The topological polar surface area (TPSA) is 88.1 Å². The summed E-state index contributed by atoms with van der Waals surface area (Å²) in [5, 5.41) is 10.8. The van der Waals surface area contributed by atoms with E-state index in [9.17, 15) is 9.90 Å². The van der Waals surface area contributed by atoms with E-state index in [4.69, 9.17) is 21.3 Å². The number of carbonyl (C=O) groups is 1. The van der Waals surface area contributed by atoms with Crippen LogP contribution in [0.5, 0.6) is 11.8 Å². The van der Waals surface area contributed by atoms with E-state index >= 15 is 0 Å². The molecular formula is C25H18ClN3O3S. The fraction of sp³-hybridized carbons (Fsp3) is 0.0800. The molecule has 0 unspecified atom stereocenters. The van der Waals surface area contributed by atoms with E-state index in [0.29, 0.717) is 21.9 Å². The van der Waals surface area contributed by atoms with Crippen LogP contribution < -0.4 is 4.74 Å². The number of benzene rings is 3. The van der Waals surface area contributed by atoms with E-state index in [1.54, 1.807) is 30.4 Å². The number of ether oxygens (including phenoxy) is 1. The lowest BCUT2D eigenvalue weighted by atomic mass is 10.1. The number of imidazole rings is 1. The molecule has 2 heterocycles. The van der Waals surface area contributed by atoms with Crippen LogP contribution in [0, 0.1) is 13.8 Å². The van der Waals surface area contributed by atoms with Crippen molar-refractivity contribution in [3.8, 4) is 32.8 Å². The van der Waals surface area contributed by atoms with Gasteiger partial charge in [0, 0.05) is 11.1 Å². The molecule has 0 bridgehead atoms. The number of nitrogens with zero attached hydrogens (tertiary/aromatic N) is 2. The first-order valence-electron chi connectivity index (χ1n) is 10.1. The van der Waals surface area contributed by atoms with Gasteiger partial charge in [0.2, 0.25) is 0 Å². The molecule has 2 N–H and O–H groups in total. The van der Waals surface area contributed by atoms with Crippen molar-refractivity contribution in [1.82, 2.24) is 15.0 Å². The first-order valence-corrected chi connectivity index (χ1v) is 11.3. The lowest BCUT2D eigenvalue weighted by Crippen LogP contribution is -2.00. The summed E-state index contributed by atoms with van der Waals surface area (Å²) in [7, 11) is 0. The molecule has 0 aliphatic rings. The van der Waals surface area contributed by atoms with Gasteiger partial charge >= 0.3 is 5.97 Å². The highest BCUT2D eigenvalue weighted by molar-refractivity contribution is 7.18. The molecule has 0 aliphatic carbocycles. The van der Waals surface area contributed by atoms with Crippen LogP contribution in [0.1, 0.15) is 21.6 Å². The molecule has 0 amide bonds. The Kier molecular flexibility index (Phi) is 5.36. The van der Waals surface area contributed by atoms with Crippen LogP contribution >= 0.6 is 22.9 Å². The smallest absolute Gasteiger partial charge is 0.336 e. The molecule has 0 saturated carbocycles. The summed E-state index contributed by atoms with van der Waals surface area (Å²) >= 11 is 8.22. The number of nitrogens with one attached hydrogen (secondary N) is 1. The summed E-state index contributed by atoms with van der Waals surface area (Å²) in [5.41, 5.74) is 5.05. The predicted molar refractivity (Wildman–Crippen MR) is 131 cm³/mol. The standard InChI is InChI=1S/C25H18ClN3O3S/c1-13-8-9-16(10-17(13)24(30)31)32-25-28-20-11-18(19(26)12-21(20)29-25)22-14(2)27-23(33-22)15-6-4-3-5-7-15/h3-12H,1-2H3,(H,28,29)(H,30,31). The highest BCUT2D eigenvalue weighted by Gasteiger charge is 2.17. The van der Waals surface area contributed by atoms with E-state index in [1.807, 2.05) is 49.4 Å². The van der Waals surface area contributed by atoms with Crippen molar-refractivity contribution in [3.63, 3.8) is 0 Å². The van der Waals surface area contributed by atoms with Crippen LogP contribution in [0.4, 0.5) is 0 Å². The Morgan fingerprint density at radius 2 is 1.85 bits per heavy atom. The minimum Gasteiger partial charge on any atom is -0.478 e. The summed E-state index contributed by atoms with van der Waals surface area (Å²) in [6.45, 7) is 3.71. The number of thiazole rings is 1. The zero-order valence-electron chi connectivity index (χ0n) is 17.7. The third-order valence-electron chi connectivity index (χ3n) is 5.26. The molecule has 33 heavy (non-hydrogen) atoms. The van der Waals surface area contributed by atoms with Crippen molar-refractivity contribution < 1.29 is 14.6 Å². The van der Waals surface area contributed by atoms with E-state index in [2.05, 4.69) is 9.97 Å². The number of aryl methyl sites for hydroxylation is 2. The average molecular weight is 476 g/mol. The third kappa shape index (κ3) is 4.08. The molecule has 164 valence electrons. The van der Waals surface area contributed by atoms with Gasteiger partial charge in [-0.25, -0.2) is 9.78 Å². The second-order valence-corrected chi connectivity index (χ2v) is 8.98. The van der Waals surface area contributed by atoms with Crippen LogP contribution in [0.3, 0.4) is 0 Å². The number of carboxylic acid groups (broad SMARTS) is 1. The molecule has 0 saturated heterocycles. The highest BCUT2D eigenvalue weighted by atomic mass is 35.5. The van der Waals surface area contributed by atoms with E-state index in [1.165, 1.54) is 6.07 Å². The average Bonchev–Trinajstić information content (AvgIpc) is 3.37. The first kappa shape index (κ1) is 21.2. The van der Waals surface area contributed by atoms with Crippen LogP contribution in [0.15, 0.2) is 60.7 Å². The van der Waals surface area contributed by atoms with Crippen molar-refractivity contribution in [2.24, 2.45) is 0 Å². The fourth-order valence-corrected chi connectivity index (χ4v) is 5.00. The Labute approximate surface area is 198 Å². The van der Waals surface area contributed by atoms with Crippen molar-refractivity contribution in [2.45, 2.75) is 13.8 Å². The number of aromatic carboxylic acids is 1. The lowest BCUT2D eigenvalue weighted by Gasteiger charge is -2.05. The van der Waals surface area contributed by atoms with E-state index < -0.39 is 5.97 Å². The number of H-pyrrole nitrogens is 1. The molecular weight excluding hydrogens is 458 g/mol. The lowest BCUT2D eigenvalue weighted by molar-refractivity contribution is 0.0695. The number of hydrogen-bond acceptors (Lipinski definition) is 5. The Balaban J connectivity index is 1.50. The normalized spacial score (nSPS) is 11.1. The Morgan fingerprint density at radius 1 is 1.06 bits per heavy atom. The van der Waals surface area contributed by atoms with Gasteiger partial charge in [0.15, 0.2) is 0 Å². The third-order valence-corrected chi connectivity index (χ3v) is 6.82. The van der Waals surface area contributed by atoms with Gasteiger partial charge in [-0.05, 0) is 43.7 Å². The van der Waals surface area contributed by atoms with Gasteiger partial charge in [-0.3, -0.25) is 0 Å². The van der Waals surface area contributed by atoms with Gasteiger partial charge in [-0.15, -0.1) is 11.3 Å². The Bertz CT molecular complexity index is 1510. The molecule has 6 nitrogen and oxygen atoms in total. The molecule has 2 aromatic heterocycles. The van der Waals surface area contributed by atoms with Crippen molar-refractivity contribution in [2.75, 3.05) is 0 Å². The number of fused-ring (bicyclic) bond motifs is 1.